The molecule has 1 heterocycles. The van der Waals surface area contributed by atoms with E-state index in [0.29, 0.717) is 18.1 Å². The van der Waals surface area contributed by atoms with Crippen molar-refractivity contribution in [3.8, 4) is 0 Å². The Balaban J connectivity index is 1.89. The molecule has 0 radical (unpaired) electrons. The van der Waals surface area contributed by atoms with E-state index in [4.69, 9.17) is 11.6 Å². The SMILES string of the molecule is O=C(NCC1(CCl)CCCCC1)c1ccn[nH]1. The number of rotatable bonds is 4. The Morgan fingerprint density at radius 3 is 2.82 bits per heavy atom. The zero-order valence-electron chi connectivity index (χ0n) is 9.84. The predicted octanol–water partition coefficient (Wildman–Crippen LogP) is 2.33. The molecule has 0 spiro atoms. The molecule has 2 rings (SSSR count). The first-order valence-corrected chi connectivity index (χ1v) is 6.63. The van der Waals surface area contributed by atoms with Crippen LogP contribution in [0.25, 0.3) is 0 Å². The summed E-state index contributed by atoms with van der Waals surface area (Å²) in [5, 5.41) is 9.38. The first-order valence-electron chi connectivity index (χ1n) is 6.09. The lowest BCUT2D eigenvalue weighted by molar-refractivity contribution is 0.0916. The summed E-state index contributed by atoms with van der Waals surface area (Å²) in [5.41, 5.74) is 0.598. The number of aromatic nitrogens is 2. The molecule has 1 aromatic rings. The number of nitrogens with zero attached hydrogens (tertiary/aromatic N) is 1. The molecule has 0 atom stereocenters. The Morgan fingerprint density at radius 1 is 1.47 bits per heavy atom. The van der Waals surface area contributed by atoms with Gasteiger partial charge in [-0.2, -0.15) is 5.10 Å². The fourth-order valence-electron chi connectivity index (χ4n) is 2.40. The molecule has 1 saturated carbocycles. The van der Waals surface area contributed by atoms with Gasteiger partial charge in [0.1, 0.15) is 5.69 Å². The lowest BCUT2D eigenvalue weighted by Gasteiger charge is -2.35. The Hall–Kier alpha value is -1.03. The molecule has 4 nitrogen and oxygen atoms in total. The summed E-state index contributed by atoms with van der Waals surface area (Å²) in [6.07, 6.45) is 7.51. The van der Waals surface area contributed by atoms with E-state index in [1.54, 1.807) is 12.3 Å². The van der Waals surface area contributed by atoms with Gasteiger partial charge in [-0.3, -0.25) is 9.89 Å². The van der Waals surface area contributed by atoms with E-state index in [9.17, 15) is 4.79 Å². The standard InChI is InChI=1S/C12H18ClN3O/c13-8-12(5-2-1-3-6-12)9-14-11(17)10-4-7-15-16-10/h4,7H,1-3,5-6,8-9H2,(H,14,17)(H,15,16). The molecule has 1 fully saturated rings. The highest BCUT2D eigenvalue weighted by Crippen LogP contribution is 2.36. The summed E-state index contributed by atoms with van der Waals surface area (Å²) in [6, 6.07) is 1.67. The molecule has 1 aromatic heterocycles. The van der Waals surface area contributed by atoms with Crippen LogP contribution in [0.3, 0.4) is 0 Å². The number of aromatic amines is 1. The number of amides is 1. The maximum atomic E-state index is 11.8. The number of carbonyl (C=O) groups is 1. The van der Waals surface area contributed by atoms with Gasteiger partial charge in [0.2, 0.25) is 0 Å². The molecular weight excluding hydrogens is 238 g/mol. The molecule has 94 valence electrons. The maximum absolute atomic E-state index is 11.8. The van der Waals surface area contributed by atoms with E-state index < -0.39 is 0 Å². The van der Waals surface area contributed by atoms with E-state index in [-0.39, 0.29) is 11.3 Å². The second-order valence-corrected chi connectivity index (χ2v) is 5.11. The fourth-order valence-corrected chi connectivity index (χ4v) is 2.77. The van der Waals surface area contributed by atoms with Gasteiger partial charge < -0.3 is 5.32 Å². The van der Waals surface area contributed by atoms with Crippen LogP contribution in [-0.4, -0.2) is 28.5 Å². The highest BCUT2D eigenvalue weighted by atomic mass is 35.5. The Bertz CT molecular complexity index is 358. The third-order valence-corrected chi connectivity index (χ3v) is 4.13. The third kappa shape index (κ3) is 3.00. The number of carbonyl (C=O) groups excluding carboxylic acids is 1. The maximum Gasteiger partial charge on any atom is 0.269 e. The smallest absolute Gasteiger partial charge is 0.269 e. The molecular formula is C12H18ClN3O. The Morgan fingerprint density at radius 2 is 2.24 bits per heavy atom. The van der Waals surface area contributed by atoms with Crippen LogP contribution in [0.5, 0.6) is 0 Å². The average Bonchev–Trinajstić information content (AvgIpc) is 2.91. The van der Waals surface area contributed by atoms with Gasteiger partial charge in [-0.25, -0.2) is 0 Å². The van der Waals surface area contributed by atoms with Gasteiger partial charge in [0.25, 0.3) is 5.91 Å². The summed E-state index contributed by atoms with van der Waals surface area (Å²) in [7, 11) is 0. The van der Waals surface area contributed by atoms with Crippen LogP contribution in [0.4, 0.5) is 0 Å². The second kappa shape index (κ2) is 5.54. The number of hydrogen-bond acceptors (Lipinski definition) is 2. The van der Waals surface area contributed by atoms with E-state index in [1.807, 2.05) is 0 Å². The van der Waals surface area contributed by atoms with Crippen molar-refractivity contribution in [2.45, 2.75) is 32.1 Å². The van der Waals surface area contributed by atoms with Gasteiger partial charge in [0.05, 0.1) is 0 Å². The quantitative estimate of drug-likeness (QED) is 0.812. The van der Waals surface area contributed by atoms with Crippen molar-refractivity contribution in [1.82, 2.24) is 15.5 Å². The van der Waals surface area contributed by atoms with Crippen molar-refractivity contribution in [2.24, 2.45) is 5.41 Å². The predicted molar refractivity (Wildman–Crippen MR) is 67.2 cm³/mol. The molecule has 5 heteroatoms. The Kier molecular flexibility index (Phi) is 4.05. The number of nitrogens with one attached hydrogen (secondary N) is 2. The minimum Gasteiger partial charge on any atom is -0.350 e. The normalized spacial score (nSPS) is 18.9. The zero-order chi connectivity index (χ0) is 12.1. The molecule has 0 aliphatic heterocycles. The minimum atomic E-state index is -0.0995. The summed E-state index contributed by atoms with van der Waals surface area (Å²) < 4.78 is 0. The molecule has 1 aliphatic rings. The summed E-state index contributed by atoms with van der Waals surface area (Å²) in [4.78, 5) is 11.8. The van der Waals surface area contributed by atoms with Crippen LogP contribution < -0.4 is 5.32 Å². The van der Waals surface area contributed by atoms with Gasteiger partial charge in [-0.1, -0.05) is 19.3 Å². The minimum absolute atomic E-state index is 0.0927. The van der Waals surface area contributed by atoms with Crippen molar-refractivity contribution in [2.75, 3.05) is 12.4 Å². The van der Waals surface area contributed by atoms with Crippen molar-refractivity contribution in [3.05, 3.63) is 18.0 Å². The monoisotopic (exact) mass is 255 g/mol. The van der Waals surface area contributed by atoms with Crippen LogP contribution in [0.1, 0.15) is 42.6 Å². The van der Waals surface area contributed by atoms with Crippen LogP contribution in [-0.2, 0) is 0 Å². The van der Waals surface area contributed by atoms with Crippen LogP contribution in [0, 0.1) is 5.41 Å². The fraction of sp³-hybridized carbons (Fsp3) is 0.667. The van der Waals surface area contributed by atoms with Gasteiger partial charge in [-0.05, 0) is 18.9 Å². The molecule has 0 bridgehead atoms. The molecule has 0 saturated heterocycles. The highest BCUT2D eigenvalue weighted by molar-refractivity contribution is 6.18. The Labute approximate surface area is 106 Å². The van der Waals surface area contributed by atoms with E-state index in [1.165, 1.54) is 19.3 Å². The van der Waals surface area contributed by atoms with Crippen LogP contribution in [0.2, 0.25) is 0 Å². The summed E-state index contributed by atoms with van der Waals surface area (Å²) in [5.74, 6) is 0.522. The van der Waals surface area contributed by atoms with E-state index in [2.05, 4.69) is 15.5 Å². The zero-order valence-corrected chi connectivity index (χ0v) is 10.6. The lowest BCUT2D eigenvalue weighted by Crippen LogP contribution is -2.40. The topological polar surface area (TPSA) is 57.8 Å². The van der Waals surface area contributed by atoms with Crippen molar-refractivity contribution >= 4 is 17.5 Å². The van der Waals surface area contributed by atoms with Crippen LogP contribution in [0.15, 0.2) is 12.3 Å². The largest absolute Gasteiger partial charge is 0.350 e. The van der Waals surface area contributed by atoms with Gasteiger partial charge in [0, 0.05) is 24.0 Å². The molecule has 0 unspecified atom stereocenters. The van der Waals surface area contributed by atoms with Crippen molar-refractivity contribution < 1.29 is 4.79 Å². The van der Waals surface area contributed by atoms with E-state index in [0.717, 1.165) is 12.8 Å². The number of alkyl halides is 1. The molecule has 1 amide bonds. The molecule has 2 N–H and O–H groups in total. The lowest BCUT2D eigenvalue weighted by atomic mass is 9.75. The first-order chi connectivity index (χ1) is 8.26. The third-order valence-electron chi connectivity index (χ3n) is 3.57. The summed E-state index contributed by atoms with van der Waals surface area (Å²) in [6.45, 7) is 0.661. The van der Waals surface area contributed by atoms with Crippen molar-refractivity contribution in [3.63, 3.8) is 0 Å². The van der Waals surface area contributed by atoms with E-state index >= 15 is 0 Å². The number of hydrogen-bond donors (Lipinski definition) is 2. The van der Waals surface area contributed by atoms with Crippen molar-refractivity contribution in [1.29, 1.82) is 0 Å². The van der Waals surface area contributed by atoms with Gasteiger partial charge in [-0.15, -0.1) is 11.6 Å². The van der Waals surface area contributed by atoms with Crippen LogP contribution >= 0.6 is 11.6 Å². The molecule has 1 aliphatic carbocycles. The van der Waals surface area contributed by atoms with Gasteiger partial charge in [0.15, 0.2) is 0 Å². The number of halogens is 1. The second-order valence-electron chi connectivity index (χ2n) is 4.85. The van der Waals surface area contributed by atoms with Gasteiger partial charge >= 0.3 is 0 Å². The first kappa shape index (κ1) is 12.4. The number of H-pyrrole nitrogens is 1. The molecule has 17 heavy (non-hydrogen) atoms. The summed E-state index contributed by atoms with van der Waals surface area (Å²) >= 11 is 6.07. The highest BCUT2D eigenvalue weighted by Gasteiger charge is 2.31. The average molecular weight is 256 g/mol. The molecule has 0 aromatic carbocycles.